The van der Waals surface area contributed by atoms with Gasteiger partial charge in [-0.05, 0) is 17.5 Å². The first-order valence-corrected chi connectivity index (χ1v) is 5.07. The summed E-state index contributed by atoms with van der Waals surface area (Å²) in [6.45, 7) is 0.772. The number of nitrogens with zero attached hydrogens (tertiary/aromatic N) is 2. The highest BCUT2D eigenvalue weighted by molar-refractivity contribution is 7.09. The molecule has 3 N–H and O–H groups in total. The number of hydrogen-bond donors (Lipinski definition) is 2. The Morgan fingerprint density at radius 3 is 3.07 bits per heavy atom. The van der Waals surface area contributed by atoms with E-state index in [9.17, 15) is 0 Å². The summed E-state index contributed by atoms with van der Waals surface area (Å²) < 4.78 is 0. The maximum absolute atomic E-state index is 5.45. The standard InChI is InChI=1S/C9H10N4S/c10-9-11-4-3-8(13-9)12-6-7-2-1-5-14-7/h1-5H,6H2,(H3,10,11,12,13). The van der Waals surface area contributed by atoms with Gasteiger partial charge in [0.1, 0.15) is 5.82 Å². The van der Waals surface area contributed by atoms with Crippen LogP contribution in [0.5, 0.6) is 0 Å². The predicted molar refractivity (Wildman–Crippen MR) is 58.1 cm³/mol. The molecule has 0 spiro atoms. The van der Waals surface area contributed by atoms with Crippen molar-refractivity contribution in [1.82, 2.24) is 9.97 Å². The molecule has 0 amide bonds. The monoisotopic (exact) mass is 206 g/mol. The molecule has 2 aromatic rings. The number of rotatable bonds is 3. The molecule has 0 saturated heterocycles. The lowest BCUT2D eigenvalue weighted by atomic mass is 10.4. The molecule has 0 aliphatic carbocycles. The summed E-state index contributed by atoms with van der Waals surface area (Å²) in [5.74, 6) is 1.05. The Morgan fingerprint density at radius 2 is 2.36 bits per heavy atom. The van der Waals surface area contributed by atoms with E-state index in [0.717, 1.165) is 12.4 Å². The highest BCUT2D eigenvalue weighted by atomic mass is 32.1. The van der Waals surface area contributed by atoms with Crippen molar-refractivity contribution < 1.29 is 0 Å². The average molecular weight is 206 g/mol. The lowest BCUT2D eigenvalue weighted by Crippen LogP contribution is -2.02. The summed E-state index contributed by atoms with van der Waals surface area (Å²) in [5, 5.41) is 5.21. The quantitative estimate of drug-likeness (QED) is 0.802. The molecular weight excluding hydrogens is 196 g/mol. The molecule has 0 radical (unpaired) electrons. The molecule has 0 fully saturated rings. The van der Waals surface area contributed by atoms with Gasteiger partial charge >= 0.3 is 0 Å². The second-order valence-electron chi connectivity index (χ2n) is 2.73. The van der Waals surface area contributed by atoms with Gasteiger partial charge in [-0.1, -0.05) is 6.07 Å². The maximum Gasteiger partial charge on any atom is 0.221 e. The van der Waals surface area contributed by atoms with Crippen molar-refractivity contribution in [2.45, 2.75) is 6.54 Å². The van der Waals surface area contributed by atoms with Gasteiger partial charge in [-0.3, -0.25) is 0 Å². The number of anilines is 2. The number of aromatic nitrogens is 2. The van der Waals surface area contributed by atoms with Crippen LogP contribution in [0, 0.1) is 0 Å². The third-order valence-corrected chi connectivity index (χ3v) is 2.57. The maximum atomic E-state index is 5.45. The summed E-state index contributed by atoms with van der Waals surface area (Å²) >= 11 is 1.71. The van der Waals surface area contributed by atoms with E-state index in [0.29, 0.717) is 5.95 Å². The summed E-state index contributed by atoms with van der Waals surface area (Å²) in [5.41, 5.74) is 5.45. The van der Waals surface area contributed by atoms with E-state index in [1.807, 2.05) is 11.4 Å². The van der Waals surface area contributed by atoms with Gasteiger partial charge in [0.15, 0.2) is 0 Å². The van der Waals surface area contributed by atoms with Crippen molar-refractivity contribution >= 4 is 23.1 Å². The van der Waals surface area contributed by atoms with Crippen LogP contribution in [0.4, 0.5) is 11.8 Å². The van der Waals surface area contributed by atoms with Gasteiger partial charge in [-0.15, -0.1) is 11.3 Å². The van der Waals surface area contributed by atoms with Crippen LogP contribution >= 0.6 is 11.3 Å². The van der Waals surface area contributed by atoms with Gasteiger partial charge in [0, 0.05) is 11.1 Å². The highest BCUT2D eigenvalue weighted by Crippen LogP contribution is 2.11. The molecule has 0 atom stereocenters. The third kappa shape index (κ3) is 2.20. The first-order valence-electron chi connectivity index (χ1n) is 4.19. The number of nitrogens with one attached hydrogen (secondary N) is 1. The van der Waals surface area contributed by atoms with Crippen LogP contribution in [-0.4, -0.2) is 9.97 Å². The van der Waals surface area contributed by atoms with Gasteiger partial charge < -0.3 is 11.1 Å². The van der Waals surface area contributed by atoms with E-state index >= 15 is 0 Å². The van der Waals surface area contributed by atoms with E-state index in [1.54, 1.807) is 23.6 Å². The molecule has 2 rings (SSSR count). The molecule has 0 unspecified atom stereocenters. The van der Waals surface area contributed by atoms with Crippen molar-refractivity contribution in [2.75, 3.05) is 11.1 Å². The summed E-state index contributed by atoms with van der Waals surface area (Å²) in [6.07, 6.45) is 1.64. The molecule has 2 heterocycles. The van der Waals surface area contributed by atoms with Crippen LogP contribution in [0.2, 0.25) is 0 Å². The summed E-state index contributed by atoms with van der Waals surface area (Å²) in [4.78, 5) is 9.11. The molecule has 4 nitrogen and oxygen atoms in total. The third-order valence-electron chi connectivity index (χ3n) is 1.70. The van der Waals surface area contributed by atoms with Crippen LogP contribution in [0.1, 0.15) is 4.88 Å². The van der Waals surface area contributed by atoms with Crippen LogP contribution in [0.3, 0.4) is 0 Å². The van der Waals surface area contributed by atoms with Gasteiger partial charge in [0.05, 0.1) is 6.54 Å². The van der Waals surface area contributed by atoms with Crippen LogP contribution in [-0.2, 0) is 6.54 Å². The zero-order valence-electron chi connectivity index (χ0n) is 7.47. The topological polar surface area (TPSA) is 63.8 Å². The molecule has 0 aromatic carbocycles. The zero-order valence-corrected chi connectivity index (χ0v) is 8.29. The predicted octanol–water partition coefficient (Wildman–Crippen LogP) is 1.73. The molecule has 2 aromatic heterocycles. The highest BCUT2D eigenvalue weighted by Gasteiger charge is 1.96. The Kier molecular flexibility index (Phi) is 2.60. The molecule has 0 saturated carbocycles. The van der Waals surface area contributed by atoms with E-state index in [1.165, 1.54) is 4.88 Å². The van der Waals surface area contributed by atoms with Crippen molar-refractivity contribution in [3.8, 4) is 0 Å². The van der Waals surface area contributed by atoms with Crippen molar-refractivity contribution in [3.05, 3.63) is 34.7 Å². The van der Waals surface area contributed by atoms with E-state index < -0.39 is 0 Å². The molecule has 72 valence electrons. The number of nitrogens with two attached hydrogens (primary N) is 1. The van der Waals surface area contributed by atoms with Crippen molar-refractivity contribution in [2.24, 2.45) is 0 Å². The van der Waals surface area contributed by atoms with Gasteiger partial charge in [0.2, 0.25) is 5.95 Å². The summed E-state index contributed by atoms with van der Waals surface area (Å²) in [7, 11) is 0. The zero-order chi connectivity index (χ0) is 9.80. The number of nitrogen functional groups attached to an aromatic ring is 1. The van der Waals surface area contributed by atoms with Crippen molar-refractivity contribution in [3.63, 3.8) is 0 Å². The minimum atomic E-state index is 0.293. The normalized spacial score (nSPS) is 10.0. The molecule has 0 aliphatic rings. The van der Waals surface area contributed by atoms with Crippen LogP contribution < -0.4 is 11.1 Å². The Morgan fingerprint density at radius 1 is 1.43 bits per heavy atom. The van der Waals surface area contributed by atoms with Crippen molar-refractivity contribution in [1.29, 1.82) is 0 Å². The minimum absolute atomic E-state index is 0.293. The molecule has 5 heteroatoms. The Labute approximate surface area is 85.8 Å². The van der Waals surface area contributed by atoms with Crippen LogP contribution in [0.15, 0.2) is 29.8 Å². The fourth-order valence-corrected chi connectivity index (χ4v) is 1.71. The fourth-order valence-electron chi connectivity index (χ4n) is 1.06. The van der Waals surface area contributed by atoms with Gasteiger partial charge in [-0.2, -0.15) is 4.98 Å². The van der Waals surface area contributed by atoms with E-state index in [4.69, 9.17) is 5.73 Å². The average Bonchev–Trinajstić information content (AvgIpc) is 2.67. The van der Waals surface area contributed by atoms with Crippen LogP contribution in [0.25, 0.3) is 0 Å². The Hall–Kier alpha value is -1.62. The molecular formula is C9H10N4S. The lowest BCUT2D eigenvalue weighted by molar-refractivity contribution is 1.11. The Balaban J connectivity index is 1.98. The fraction of sp³-hybridized carbons (Fsp3) is 0.111. The number of hydrogen-bond acceptors (Lipinski definition) is 5. The second kappa shape index (κ2) is 4.06. The SMILES string of the molecule is Nc1nccc(NCc2cccs2)n1. The smallest absolute Gasteiger partial charge is 0.221 e. The van der Waals surface area contributed by atoms with Gasteiger partial charge in [-0.25, -0.2) is 4.98 Å². The van der Waals surface area contributed by atoms with E-state index in [2.05, 4.69) is 21.4 Å². The molecule has 0 aliphatic heterocycles. The Bertz CT molecular complexity index is 399. The minimum Gasteiger partial charge on any atom is -0.368 e. The summed E-state index contributed by atoms with van der Waals surface area (Å²) in [6, 6.07) is 5.89. The molecule has 0 bridgehead atoms. The van der Waals surface area contributed by atoms with Gasteiger partial charge in [0.25, 0.3) is 0 Å². The first kappa shape index (κ1) is 8.96. The first-order chi connectivity index (χ1) is 6.84. The molecule has 14 heavy (non-hydrogen) atoms. The lowest BCUT2D eigenvalue weighted by Gasteiger charge is -2.03. The largest absolute Gasteiger partial charge is 0.368 e. The van der Waals surface area contributed by atoms with E-state index in [-0.39, 0.29) is 0 Å². The number of thiophene rings is 1. The second-order valence-corrected chi connectivity index (χ2v) is 3.77.